The van der Waals surface area contributed by atoms with Crippen molar-refractivity contribution in [1.29, 1.82) is 0 Å². The highest BCUT2D eigenvalue weighted by atomic mass is 16.6. The van der Waals surface area contributed by atoms with Gasteiger partial charge in [0.05, 0.1) is 25.4 Å². The Hall–Kier alpha value is -4.23. The van der Waals surface area contributed by atoms with Crippen LogP contribution < -0.4 is 15.5 Å². The van der Waals surface area contributed by atoms with Gasteiger partial charge < -0.3 is 35.0 Å². The Labute approximate surface area is 232 Å². The Morgan fingerprint density at radius 3 is 2.48 bits per heavy atom. The van der Waals surface area contributed by atoms with Crippen LogP contribution >= 0.6 is 0 Å². The molecule has 40 heavy (non-hydrogen) atoms. The Kier molecular flexibility index (Phi) is 8.26. The first-order chi connectivity index (χ1) is 18.8. The Morgan fingerprint density at radius 1 is 1.10 bits per heavy atom. The highest BCUT2D eigenvalue weighted by Crippen LogP contribution is 2.25. The molecule has 2 aromatic heterocycles. The lowest BCUT2D eigenvalue weighted by Crippen LogP contribution is -2.58. The maximum absolute atomic E-state index is 13.2. The van der Waals surface area contributed by atoms with Gasteiger partial charge in [-0.2, -0.15) is 4.98 Å². The second-order valence-electron chi connectivity index (χ2n) is 11.2. The number of fused-ring (bicyclic) bond motifs is 1. The summed E-state index contributed by atoms with van der Waals surface area (Å²) < 4.78 is 11.0. The number of hydrogen-bond acceptors (Lipinski definition) is 12. The van der Waals surface area contributed by atoms with E-state index in [1.807, 2.05) is 39.5 Å². The number of carboxylic acid groups (broad SMARTS) is 1. The molecule has 0 radical (unpaired) electrons. The fourth-order valence-corrected chi connectivity index (χ4v) is 4.38. The lowest BCUT2D eigenvalue weighted by atomic mass is 10.1. The minimum atomic E-state index is -1.24. The van der Waals surface area contributed by atoms with E-state index in [2.05, 4.69) is 15.0 Å². The molecule has 0 bridgehead atoms. The van der Waals surface area contributed by atoms with Crippen molar-refractivity contribution < 1.29 is 29.0 Å². The summed E-state index contributed by atoms with van der Waals surface area (Å²) in [6.07, 6.45) is 3.02. The number of carbonyl (C=O) groups is 3. The molecule has 3 N–H and O–H groups in total. The van der Waals surface area contributed by atoms with Gasteiger partial charge in [0.2, 0.25) is 11.9 Å². The van der Waals surface area contributed by atoms with Crippen molar-refractivity contribution >= 4 is 35.7 Å². The molecule has 4 heterocycles. The molecule has 2 aliphatic heterocycles. The number of amides is 1. The van der Waals surface area contributed by atoms with Crippen LogP contribution in [0.2, 0.25) is 0 Å². The van der Waals surface area contributed by atoms with Crippen molar-refractivity contribution in [3.8, 4) is 0 Å². The van der Waals surface area contributed by atoms with Gasteiger partial charge in [0.1, 0.15) is 23.0 Å². The number of carbonyl (C=O) groups excluding carboxylic acids is 2. The number of piperazine rings is 1. The maximum Gasteiger partial charge on any atom is 0.410 e. The lowest BCUT2D eigenvalue weighted by molar-refractivity contribution is -0.146. The first-order valence-electron chi connectivity index (χ1n) is 13.2. The Bertz CT molecular complexity index is 1280. The van der Waals surface area contributed by atoms with Gasteiger partial charge in [-0.05, 0) is 26.7 Å². The van der Waals surface area contributed by atoms with Crippen LogP contribution in [0.15, 0.2) is 12.4 Å². The standard InChI is InChI=1S/C26H36N8O6/c1-15(2)14-39-22(37)19-13-32(8-9-34(19)24-29-11-17(21(35)36)20(27)31-24)23-28-10-16-12-33(7-6-18(16)30-23)25(38)40-26(3,4)5/h10-11,15,19H,6-9,12-14H2,1-5H3,(H,35,36)(H2,27,29,31)/t19-/m1/s1. The van der Waals surface area contributed by atoms with E-state index in [4.69, 9.17) is 20.2 Å². The van der Waals surface area contributed by atoms with Gasteiger partial charge in [0.15, 0.2) is 0 Å². The average molecular weight is 557 g/mol. The number of esters is 1. The highest BCUT2D eigenvalue weighted by Gasteiger charge is 2.37. The predicted octanol–water partition coefficient (Wildman–Crippen LogP) is 1.73. The number of rotatable bonds is 6. The summed E-state index contributed by atoms with van der Waals surface area (Å²) in [4.78, 5) is 59.9. The van der Waals surface area contributed by atoms with Crippen LogP contribution in [0.1, 0.15) is 56.2 Å². The summed E-state index contributed by atoms with van der Waals surface area (Å²) in [5.41, 5.74) is 6.74. The first kappa shape index (κ1) is 28.8. The molecule has 2 aliphatic rings. The zero-order chi connectivity index (χ0) is 29.2. The average Bonchev–Trinajstić information content (AvgIpc) is 2.89. The summed E-state index contributed by atoms with van der Waals surface area (Å²) in [6.45, 7) is 11.4. The fraction of sp³-hybridized carbons (Fsp3) is 0.577. The number of carboxylic acids is 1. The zero-order valence-electron chi connectivity index (χ0n) is 23.5. The summed E-state index contributed by atoms with van der Waals surface area (Å²) in [6, 6.07) is -0.801. The van der Waals surface area contributed by atoms with Crippen LogP contribution in [0.3, 0.4) is 0 Å². The molecular weight excluding hydrogens is 520 g/mol. The smallest absolute Gasteiger partial charge is 0.410 e. The van der Waals surface area contributed by atoms with Crippen molar-refractivity contribution in [2.24, 2.45) is 5.92 Å². The normalized spacial score (nSPS) is 17.4. The summed E-state index contributed by atoms with van der Waals surface area (Å²) in [7, 11) is 0. The quantitative estimate of drug-likeness (QED) is 0.492. The minimum absolute atomic E-state index is 0.141. The molecule has 14 heteroatoms. The number of nitrogens with two attached hydrogens (primary N) is 1. The van der Waals surface area contributed by atoms with Crippen LogP contribution in [0.25, 0.3) is 0 Å². The molecule has 216 valence electrons. The summed E-state index contributed by atoms with van der Waals surface area (Å²) >= 11 is 0. The van der Waals surface area contributed by atoms with E-state index in [0.717, 1.165) is 17.5 Å². The Balaban J connectivity index is 1.53. The van der Waals surface area contributed by atoms with Crippen LogP contribution in [0.4, 0.5) is 22.5 Å². The molecule has 4 rings (SSSR count). The maximum atomic E-state index is 13.2. The van der Waals surface area contributed by atoms with Crippen molar-refractivity contribution in [2.45, 2.75) is 59.2 Å². The predicted molar refractivity (Wildman–Crippen MR) is 145 cm³/mol. The number of aromatic nitrogens is 4. The molecule has 2 aromatic rings. The van der Waals surface area contributed by atoms with E-state index in [9.17, 15) is 19.5 Å². The summed E-state index contributed by atoms with van der Waals surface area (Å²) in [5.74, 6) is -1.14. The van der Waals surface area contributed by atoms with E-state index in [1.165, 1.54) is 0 Å². The Morgan fingerprint density at radius 2 is 1.82 bits per heavy atom. The molecule has 1 amide bonds. The highest BCUT2D eigenvalue weighted by molar-refractivity contribution is 5.92. The second kappa shape index (κ2) is 11.5. The van der Waals surface area contributed by atoms with Crippen molar-refractivity contribution in [3.05, 3.63) is 29.2 Å². The number of ether oxygens (including phenoxy) is 2. The minimum Gasteiger partial charge on any atom is -0.477 e. The van der Waals surface area contributed by atoms with Gasteiger partial charge in [-0.15, -0.1) is 0 Å². The first-order valence-corrected chi connectivity index (χ1v) is 13.2. The lowest BCUT2D eigenvalue weighted by Gasteiger charge is -2.40. The molecule has 0 aliphatic carbocycles. The fourth-order valence-electron chi connectivity index (χ4n) is 4.38. The number of nitrogens with zero attached hydrogens (tertiary/aromatic N) is 7. The number of nitrogen functional groups attached to an aromatic ring is 1. The van der Waals surface area contributed by atoms with Crippen molar-refractivity contribution in [2.75, 3.05) is 48.3 Å². The number of anilines is 3. The van der Waals surface area contributed by atoms with E-state index < -0.39 is 23.6 Å². The molecule has 1 saturated heterocycles. The molecule has 1 atom stereocenters. The molecule has 1 fully saturated rings. The van der Waals surface area contributed by atoms with Crippen molar-refractivity contribution in [3.63, 3.8) is 0 Å². The van der Waals surface area contributed by atoms with E-state index >= 15 is 0 Å². The second-order valence-corrected chi connectivity index (χ2v) is 11.2. The van der Waals surface area contributed by atoms with Crippen molar-refractivity contribution in [1.82, 2.24) is 24.8 Å². The zero-order valence-corrected chi connectivity index (χ0v) is 23.5. The van der Waals surface area contributed by atoms with Gasteiger partial charge in [-0.3, -0.25) is 0 Å². The van der Waals surface area contributed by atoms with E-state index in [1.54, 1.807) is 16.0 Å². The van der Waals surface area contributed by atoms with Gasteiger partial charge in [-0.1, -0.05) is 13.8 Å². The molecule has 14 nitrogen and oxygen atoms in total. The molecular formula is C26H36N8O6. The third-order valence-electron chi connectivity index (χ3n) is 6.36. The van der Waals surface area contributed by atoms with Gasteiger partial charge >= 0.3 is 18.0 Å². The topological polar surface area (TPSA) is 177 Å². The number of aromatic carboxylic acids is 1. The largest absolute Gasteiger partial charge is 0.477 e. The summed E-state index contributed by atoms with van der Waals surface area (Å²) in [5, 5.41) is 9.27. The van der Waals surface area contributed by atoms with E-state index in [-0.39, 0.29) is 42.5 Å². The molecule has 0 unspecified atom stereocenters. The number of hydrogen-bond donors (Lipinski definition) is 2. The SMILES string of the molecule is CC(C)COC(=O)[C@H]1CN(c2ncc3c(n2)CCN(C(=O)OC(C)(C)C)C3)CCN1c1ncc(C(=O)O)c(N)n1. The third kappa shape index (κ3) is 6.66. The monoisotopic (exact) mass is 556 g/mol. The molecule has 0 saturated carbocycles. The van der Waals surface area contributed by atoms with E-state index in [0.29, 0.717) is 38.5 Å². The van der Waals surface area contributed by atoms with Gasteiger partial charge in [0, 0.05) is 44.0 Å². The van der Waals surface area contributed by atoms with Gasteiger partial charge in [-0.25, -0.2) is 29.3 Å². The van der Waals surface area contributed by atoms with Crippen LogP contribution in [0, 0.1) is 5.92 Å². The van der Waals surface area contributed by atoms with Gasteiger partial charge in [0.25, 0.3) is 0 Å². The van der Waals surface area contributed by atoms with Crippen LogP contribution in [0.5, 0.6) is 0 Å². The van der Waals surface area contributed by atoms with Crippen LogP contribution in [-0.4, -0.2) is 92.4 Å². The third-order valence-corrected chi connectivity index (χ3v) is 6.36. The molecule has 0 aromatic carbocycles. The van der Waals surface area contributed by atoms with Crippen LogP contribution in [-0.2, 0) is 27.2 Å². The molecule has 0 spiro atoms.